The molecule has 1 heterocycles. The van der Waals surface area contributed by atoms with Gasteiger partial charge in [-0.05, 0) is 35.9 Å². The number of anilines is 1. The van der Waals surface area contributed by atoms with Crippen LogP contribution in [0.4, 0.5) is 6.01 Å². The van der Waals surface area contributed by atoms with E-state index in [9.17, 15) is 4.79 Å². The minimum Gasteiger partial charge on any atom is -0.403 e. The Bertz CT molecular complexity index is 969. The van der Waals surface area contributed by atoms with Crippen molar-refractivity contribution < 1.29 is 9.21 Å². The highest BCUT2D eigenvalue weighted by atomic mass is 35.5. The first kappa shape index (κ1) is 19.2. The molecule has 1 aromatic heterocycles. The van der Waals surface area contributed by atoms with E-state index in [1.165, 1.54) is 6.08 Å². The van der Waals surface area contributed by atoms with Gasteiger partial charge in [0.2, 0.25) is 5.89 Å². The van der Waals surface area contributed by atoms with Gasteiger partial charge in [-0.25, -0.2) is 0 Å². The molecule has 0 aliphatic rings. The van der Waals surface area contributed by atoms with Gasteiger partial charge in [-0.3, -0.25) is 10.1 Å². The molecule has 0 fully saturated rings. The number of hydrogen-bond donors (Lipinski definition) is 1. The Morgan fingerprint density at radius 3 is 2.78 bits per heavy atom. The number of carbonyl (C=O) groups is 1. The molecule has 0 saturated carbocycles. The molecule has 3 aromatic rings. The van der Waals surface area contributed by atoms with Gasteiger partial charge in [0.25, 0.3) is 5.91 Å². The standard InChI is InChI=1S/C20H18ClN3O2S/c1-13(2)27-16-8-5-7-15(12-16)19-23-24-20(26-19)22-18(25)11-10-14-6-3-4-9-17(14)21/h3-13H,1-2H3,(H,22,24,25)/b11-10+. The second kappa shape index (κ2) is 8.88. The highest BCUT2D eigenvalue weighted by Gasteiger charge is 2.11. The van der Waals surface area contributed by atoms with E-state index in [0.29, 0.717) is 16.2 Å². The summed E-state index contributed by atoms with van der Waals surface area (Å²) in [5.41, 5.74) is 1.56. The Kier molecular flexibility index (Phi) is 6.32. The summed E-state index contributed by atoms with van der Waals surface area (Å²) in [6, 6.07) is 15.1. The van der Waals surface area contributed by atoms with E-state index in [1.807, 2.05) is 42.5 Å². The van der Waals surface area contributed by atoms with E-state index in [-0.39, 0.29) is 11.9 Å². The van der Waals surface area contributed by atoms with Crippen LogP contribution in [0.25, 0.3) is 17.5 Å². The van der Waals surface area contributed by atoms with Crippen molar-refractivity contribution in [2.45, 2.75) is 24.0 Å². The van der Waals surface area contributed by atoms with Crippen LogP contribution in [-0.2, 0) is 4.79 Å². The number of benzene rings is 2. The molecule has 7 heteroatoms. The lowest BCUT2D eigenvalue weighted by Gasteiger charge is -2.05. The number of hydrogen-bond acceptors (Lipinski definition) is 5. The first-order chi connectivity index (χ1) is 13.0. The van der Waals surface area contributed by atoms with Gasteiger partial charge in [0.05, 0.1) is 0 Å². The lowest BCUT2D eigenvalue weighted by atomic mass is 10.2. The lowest BCUT2D eigenvalue weighted by molar-refractivity contribution is -0.112. The average Bonchev–Trinajstić information content (AvgIpc) is 3.09. The van der Waals surface area contributed by atoms with Crippen molar-refractivity contribution in [2.75, 3.05) is 5.32 Å². The number of halogens is 1. The van der Waals surface area contributed by atoms with Gasteiger partial charge in [-0.1, -0.05) is 54.8 Å². The SMILES string of the molecule is CC(C)Sc1cccc(-c2nnc(NC(=O)/C=C/c3ccccc3Cl)o2)c1. The molecule has 5 nitrogen and oxygen atoms in total. The fraction of sp³-hybridized carbons (Fsp3) is 0.150. The normalized spacial score (nSPS) is 11.3. The van der Waals surface area contributed by atoms with Crippen LogP contribution in [0.3, 0.4) is 0 Å². The first-order valence-electron chi connectivity index (χ1n) is 8.35. The first-order valence-corrected chi connectivity index (χ1v) is 9.61. The number of aromatic nitrogens is 2. The monoisotopic (exact) mass is 399 g/mol. The zero-order chi connectivity index (χ0) is 19.2. The summed E-state index contributed by atoms with van der Waals surface area (Å²) in [7, 11) is 0. The van der Waals surface area contributed by atoms with E-state index >= 15 is 0 Å². The van der Waals surface area contributed by atoms with Crippen LogP contribution >= 0.6 is 23.4 Å². The van der Waals surface area contributed by atoms with Crippen molar-refractivity contribution in [3.05, 3.63) is 65.2 Å². The molecule has 1 N–H and O–H groups in total. The van der Waals surface area contributed by atoms with Crippen LogP contribution in [0.5, 0.6) is 0 Å². The molecule has 0 unspecified atom stereocenters. The van der Waals surface area contributed by atoms with E-state index in [1.54, 1.807) is 23.9 Å². The highest BCUT2D eigenvalue weighted by Crippen LogP contribution is 2.28. The average molecular weight is 400 g/mol. The molecular formula is C20H18ClN3O2S. The van der Waals surface area contributed by atoms with Crippen molar-refractivity contribution in [2.24, 2.45) is 0 Å². The second-order valence-corrected chi connectivity index (χ2v) is 8.01. The smallest absolute Gasteiger partial charge is 0.322 e. The molecule has 0 bridgehead atoms. The van der Waals surface area contributed by atoms with Crippen LogP contribution in [0.2, 0.25) is 5.02 Å². The molecule has 2 aromatic carbocycles. The molecule has 0 aliphatic heterocycles. The number of carbonyl (C=O) groups excluding carboxylic acids is 1. The largest absolute Gasteiger partial charge is 0.403 e. The molecule has 0 radical (unpaired) electrons. The third-order valence-electron chi connectivity index (χ3n) is 3.43. The van der Waals surface area contributed by atoms with E-state index < -0.39 is 0 Å². The summed E-state index contributed by atoms with van der Waals surface area (Å²) in [6.45, 7) is 4.27. The fourth-order valence-electron chi connectivity index (χ4n) is 2.29. The van der Waals surface area contributed by atoms with Gasteiger partial charge in [-0.2, -0.15) is 0 Å². The molecule has 0 saturated heterocycles. The van der Waals surface area contributed by atoms with Gasteiger partial charge in [0.1, 0.15) is 0 Å². The van der Waals surface area contributed by atoms with Crippen molar-refractivity contribution >= 4 is 41.4 Å². The van der Waals surface area contributed by atoms with Gasteiger partial charge in [0, 0.05) is 26.8 Å². The quantitative estimate of drug-likeness (QED) is 0.435. The molecule has 27 heavy (non-hydrogen) atoms. The highest BCUT2D eigenvalue weighted by molar-refractivity contribution is 7.99. The van der Waals surface area contributed by atoms with Crippen LogP contribution < -0.4 is 5.32 Å². The van der Waals surface area contributed by atoms with Gasteiger partial charge in [-0.15, -0.1) is 16.9 Å². The number of amides is 1. The number of rotatable bonds is 6. The van der Waals surface area contributed by atoms with E-state index in [4.69, 9.17) is 16.0 Å². The lowest BCUT2D eigenvalue weighted by Crippen LogP contribution is -2.07. The van der Waals surface area contributed by atoms with Crippen molar-refractivity contribution in [1.29, 1.82) is 0 Å². The number of thioether (sulfide) groups is 1. The van der Waals surface area contributed by atoms with E-state index in [0.717, 1.165) is 16.0 Å². The minimum atomic E-state index is -0.380. The Morgan fingerprint density at radius 2 is 2.00 bits per heavy atom. The van der Waals surface area contributed by atoms with Gasteiger partial charge >= 0.3 is 6.01 Å². The maximum Gasteiger partial charge on any atom is 0.322 e. The molecule has 1 amide bonds. The predicted octanol–water partition coefficient (Wildman–Crippen LogP) is 5.54. The second-order valence-electron chi connectivity index (χ2n) is 5.95. The van der Waals surface area contributed by atoms with Crippen molar-refractivity contribution in [1.82, 2.24) is 10.2 Å². The molecule has 0 spiro atoms. The zero-order valence-electron chi connectivity index (χ0n) is 14.8. The van der Waals surface area contributed by atoms with Crippen molar-refractivity contribution in [3.8, 4) is 11.5 Å². The molecule has 0 atom stereocenters. The summed E-state index contributed by atoms with van der Waals surface area (Å²) in [6.07, 6.45) is 2.99. The topological polar surface area (TPSA) is 68.0 Å². The molecule has 138 valence electrons. The summed E-state index contributed by atoms with van der Waals surface area (Å²) in [5, 5.41) is 11.5. The van der Waals surface area contributed by atoms with Crippen LogP contribution in [-0.4, -0.2) is 21.4 Å². The molecular weight excluding hydrogens is 382 g/mol. The van der Waals surface area contributed by atoms with Crippen LogP contribution in [0.15, 0.2) is 63.9 Å². The minimum absolute atomic E-state index is 0.0423. The Morgan fingerprint density at radius 1 is 1.19 bits per heavy atom. The Balaban J connectivity index is 1.67. The Hall–Kier alpha value is -2.57. The molecule has 3 rings (SSSR count). The summed E-state index contributed by atoms with van der Waals surface area (Å²) >= 11 is 7.81. The number of nitrogens with one attached hydrogen (secondary N) is 1. The maximum absolute atomic E-state index is 12.0. The van der Waals surface area contributed by atoms with Gasteiger partial charge in [0.15, 0.2) is 0 Å². The van der Waals surface area contributed by atoms with E-state index in [2.05, 4.69) is 29.4 Å². The zero-order valence-corrected chi connectivity index (χ0v) is 16.4. The van der Waals surface area contributed by atoms with Crippen molar-refractivity contribution in [3.63, 3.8) is 0 Å². The predicted molar refractivity (Wildman–Crippen MR) is 110 cm³/mol. The third-order valence-corrected chi connectivity index (χ3v) is 4.77. The van der Waals surface area contributed by atoms with Crippen LogP contribution in [0, 0.1) is 0 Å². The summed E-state index contributed by atoms with van der Waals surface area (Å²) in [4.78, 5) is 13.2. The molecule has 0 aliphatic carbocycles. The summed E-state index contributed by atoms with van der Waals surface area (Å²) < 4.78 is 5.55. The van der Waals surface area contributed by atoms with Crippen LogP contribution in [0.1, 0.15) is 19.4 Å². The maximum atomic E-state index is 12.0. The summed E-state index contributed by atoms with van der Waals surface area (Å²) in [5.74, 6) is -0.0270. The Labute approximate surface area is 166 Å². The third kappa shape index (κ3) is 5.45. The van der Waals surface area contributed by atoms with Gasteiger partial charge < -0.3 is 4.42 Å². The number of nitrogens with zero attached hydrogens (tertiary/aromatic N) is 2. The fourth-order valence-corrected chi connectivity index (χ4v) is 3.38.